The average molecular weight is 426 g/mol. The van der Waals surface area contributed by atoms with Gasteiger partial charge in [-0.1, -0.05) is 62.4 Å². The summed E-state index contributed by atoms with van der Waals surface area (Å²) in [4.78, 5) is 30.3. The van der Waals surface area contributed by atoms with Crippen molar-refractivity contribution in [3.05, 3.63) is 35.9 Å². The van der Waals surface area contributed by atoms with Crippen LogP contribution < -0.4 is 5.32 Å². The topological polar surface area (TPSA) is 72.9 Å². The zero-order valence-corrected chi connectivity index (χ0v) is 18.3. The lowest BCUT2D eigenvalue weighted by molar-refractivity contribution is -0.181. The maximum absolute atomic E-state index is 13.3. The number of aliphatic hydroxyl groups excluding tert-OH is 1. The van der Waals surface area contributed by atoms with Gasteiger partial charge in [-0.3, -0.25) is 4.79 Å². The molecule has 168 valence electrons. The van der Waals surface area contributed by atoms with E-state index in [-0.39, 0.29) is 42.5 Å². The Kier molecular flexibility index (Phi) is 5.67. The first-order valence-electron chi connectivity index (χ1n) is 12.2. The highest BCUT2D eigenvalue weighted by atomic mass is 16.3. The van der Waals surface area contributed by atoms with Crippen molar-refractivity contribution in [3.8, 4) is 0 Å². The van der Waals surface area contributed by atoms with Gasteiger partial charge in [-0.05, 0) is 31.2 Å². The lowest BCUT2D eigenvalue weighted by atomic mass is 9.60. The van der Waals surface area contributed by atoms with E-state index in [0.29, 0.717) is 13.1 Å². The molecule has 4 fully saturated rings. The molecule has 1 spiro atoms. The molecule has 0 aromatic heterocycles. The van der Waals surface area contributed by atoms with Gasteiger partial charge in [-0.15, -0.1) is 0 Å². The summed E-state index contributed by atoms with van der Waals surface area (Å²) in [6, 6.07) is 10.1. The zero-order chi connectivity index (χ0) is 21.4. The van der Waals surface area contributed by atoms with Gasteiger partial charge in [-0.2, -0.15) is 0 Å². The van der Waals surface area contributed by atoms with E-state index in [1.165, 1.54) is 6.42 Å². The van der Waals surface area contributed by atoms with E-state index in [0.717, 1.165) is 56.9 Å². The number of rotatable bonds is 4. The van der Waals surface area contributed by atoms with Gasteiger partial charge in [0.05, 0.1) is 18.2 Å². The number of nitrogens with one attached hydrogen (secondary N) is 1. The Bertz CT molecular complexity index is 795. The molecule has 1 aromatic carbocycles. The fourth-order valence-corrected chi connectivity index (χ4v) is 6.68. The van der Waals surface area contributed by atoms with Gasteiger partial charge in [0.15, 0.2) is 0 Å². The molecule has 3 amide bonds. The van der Waals surface area contributed by atoms with E-state index in [4.69, 9.17) is 0 Å². The molecule has 2 saturated carbocycles. The minimum atomic E-state index is -0.401. The molecule has 2 atom stereocenters. The molecule has 2 aliphatic carbocycles. The standard InChI is InChI=1S/C25H35N3O3/c29-15-21-22(18-9-3-1-4-10-18)25(28(21)24(31)26-20-13-7-8-14-20)16-27(17-25)23(30)19-11-5-2-6-12-19/h1,3-4,9-10,19-22,29H,2,5-8,11-17H2,(H,26,31)/t21-,22-/m1/s1. The molecule has 2 heterocycles. The minimum absolute atomic E-state index is 0.0587. The normalized spacial score (nSPS) is 28.3. The summed E-state index contributed by atoms with van der Waals surface area (Å²) in [7, 11) is 0. The molecular weight excluding hydrogens is 390 g/mol. The molecule has 4 aliphatic rings. The molecule has 2 aliphatic heterocycles. The predicted octanol–water partition coefficient (Wildman–Crippen LogP) is 3.26. The number of urea groups is 1. The Morgan fingerprint density at radius 2 is 1.61 bits per heavy atom. The van der Waals surface area contributed by atoms with E-state index >= 15 is 0 Å². The maximum Gasteiger partial charge on any atom is 0.318 e. The van der Waals surface area contributed by atoms with Crippen LogP contribution >= 0.6 is 0 Å². The maximum atomic E-state index is 13.3. The molecule has 0 radical (unpaired) electrons. The van der Waals surface area contributed by atoms with Gasteiger partial charge >= 0.3 is 6.03 Å². The second-order valence-corrected chi connectivity index (χ2v) is 10.1. The predicted molar refractivity (Wildman–Crippen MR) is 119 cm³/mol. The first kappa shape index (κ1) is 20.8. The van der Waals surface area contributed by atoms with Crippen molar-refractivity contribution in [3.63, 3.8) is 0 Å². The fourth-order valence-electron chi connectivity index (χ4n) is 6.68. The van der Waals surface area contributed by atoms with Gasteiger partial charge < -0.3 is 20.2 Å². The SMILES string of the molecule is O=C(C1CCCCC1)N1CC2(C1)[C@H](c1ccccc1)[C@@H](CO)N2C(=O)NC1CCCC1. The van der Waals surface area contributed by atoms with Gasteiger partial charge in [-0.25, -0.2) is 4.79 Å². The number of hydrogen-bond acceptors (Lipinski definition) is 3. The summed E-state index contributed by atoms with van der Waals surface area (Å²) >= 11 is 0. The van der Waals surface area contributed by atoms with E-state index in [1.54, 1.807) is 0 Å². The Morgan fingerprint density at radius 1 is 0.968 bits per heavy atom. The molecule has 2 saturated heterocycles. The van der Waals surface area contributed by atoms with Crippen molar-refractivity contribution in [1.82, 2.24) is 15.1 Å². The number of carbonyl (C=O) groups is 2. The first-order valence-corrected chi connectivity index (χ1v) is 12.2. The molecule has 0 bridgehead atoms. The quantitative estimate of drug-likeness (QED) is 0.778. The summed E-state index contributed by atoms with van der Waals surface area (Å²) < 4.78 is 0. The van der Waals surface area contributed by atoms with Gasteiger partial charge in [0, 0.05) is 31.0 Å². The smallest absolute Gasteiger partial charge is 0.318 e. The van der Waals surface area contributed by atoms with Crippen molar-refractivity contribution >= 4 is 11.9 Å². The average Bonchev–Trinajstić information content (AvgIpc) is 3.26. The van der Waals surface area contributed by atoms with Gasteiger partial charge in [0.1, 0.15) is 0 Å². The lowest BCUT2D eigenvalue weighted by Crippen LogP contribution is -2.87. The second-order valence-electron chi connectivity index (χ2n) is 10.1. The molecule has 6 heteroatoms. The molecule has 31 heavy (non-hydrogen) atoms. The number of likely N-dealkylation sites (tertiary alicyclic amines) is 2. The number of nitrogens with zero attached hydrogens (tertiary/aromatic N) is 2. The molecule has 5 rings (SSSR count). The number of benzene rings is 1. The molecule has 6 nitrogen and oxygen atoms in total. The van der Waals surface area contributed by atoms with Crippen LogP contribution in [0.2, 0.25) is 0 Å². The molecule has 0 unspecified atom stereocenters. The zero-order valence-electron chi connectivity index (χ0n) is 18.3. The third-order valence-electron chi connectivity index (χ3n) is 8.22. The highest BCUT2D eigenvalue weighted by molar-refractivity contribution is 5.83. The minimum Gasteiger partial charge on any atom is -0.394 e. The number of amides is 3. The summed E-state index contributed by atoms with van der Waals surface area (Å²) in [5.41, 5.74) is 0.748. The molecule has 1 aromatic rings. The van der Waals surface area contributed by atoms with Crippen LogP contribution in [0.1, 0.15) is 69.3 Å². The van der Waals surface area contributed by atoms with Crippen LogP contribution in [0.3, 0.4) is 0 Å². The largest absolute Gasteiger partial charge is 0.394 e. The summed E-state index contributed by atoms with van der Waals surface area (Å²) in [6.07, 6.45) is 9.90. The van der Waals surface area contributed by atoms with E-state index in [1.807, 2.05) is 28.0 Å². The Labute approximate surface area is 185 Å². The van der Waals surface area contributed by atoms with E-state index in [2.05, 4.69) is 17.4 Å². The van der Waals surface area contributed by atoms with E-state index < -0.39 is 5.54 Å². The highest BCUT2D eigenvalue weighted by Crippen LogP contribution is 2.54. The summed E-state index contributed by atoms with van der Waals surface area (Å²) in [6.45, 7) is 1.10. The lowest BCUT2D eigenvalue weighted by Gasteiger charge is -2.70. The van der Waals surface area contributed by atoms with Crippen LogP contribution in [0.4, 0.5) is 4.79 Å². The number of carbonyl (C=O) groups excluding carboxylic acids is 2. The molecular formula is C25H35N3O3. The van der Waals surface area contributed by atoms with Gasteiger partial charge in [0.2, 0.25) is 5.91 Å². The molecule has 2 N–H and O–H groups in total. The van der Waals surface area contributed by atoms with Crippen LogP contribution in [0, 0.1) is 5.92 Å². The Morgan fingerprint density at radius 3 is 2.26 bits per heavy atom. The van der Waals surface area contributed by atoms with Crippen LogP contribution in [0.25, 0.3) is 0 Å². The van der Waals surface area contributed by atoms with Crippen molar-refractivity contribution in [2.24, 2.45) is 5.92 Å². The van der Waals surface area contributed by atoms with E-state index in [9.17, 15) is 14.7 Å². The van der Waals surface area contributed by atoms with Crippen LogP contribution in [-0.4, -0.2) is 64.2 Å². The first-order chi connectivity index (χ1) is 15.1. The van der Waals surface area contributed by atoms with Crippen LogP contribution in [0.15, 0.2) is 30.3 Å². The third kappa shape index (κ3) is 3.53. The van der Waals surface area contributed by atoms with Crippen molar-refractivity contribution < 1.29 is 14.7 Å². The fraction of sp³-hybridized carbons (Fsp3) is 0.680. The number of hydrogen-bond donors (Lipinski definition) is 2. The van der Waals surface area contributed by atoms with Crippen molar-refractivity contribution in [2.45, 2.75) is 81.3 Å². The number of aliphatic hydroxyl groups is 1. The highest BCUT2D eigenvalue weighted by Gasteiger charge is 2.68. The van der Waals surface area contributed by atoms with Crippen LogP contribution in [0.5, 0.6) is 0 Å². The Balaban J connectivity index is 1.36. The third-order valence-corrected chi connectivity index (χ3v) is 8.22. The summed E-state index contributed by atoms with van der Waals surface area (Å²) in [5, 5.41) is 13.4. The van der Waals surface area contributed by atoms with Gasteiger partial charge in [0.25, 0.3) is 0 Å². The summed E-state index contributed by atoms with van der Waals surface area (Å²) in [5.74, 6) is 0.472. The monoisotopic (exact) mass is 425 g/mol. The van der Waals surface area contributed by atoms with Crippen LogP contribution in [-0.2, 0) is 4.79 Å². The van der Waals surface area contributed by atoms with Crippen molar-refractivity contribution in [1.29, 1.82) is 0 Å². The Hall–Kier alpha value is -2.08. The van der Waals surface area contributed by atoms with Crippen molar-refractivity contribution in [2.75, 3.05) is 19.7 Å². The second kappa shape index (κ2) is 8.45.